The molecule has 3 unspecified atom stereocenters. The largest absolute Gasteiger partial charge is 0.497 e. The predicted molar refractivity (Wildman–Crippen MR) is 121 cm³/mol. The number of hydrogen-bond acceptors (Lipinski definition) is 7. The van der Waals surface area contributed by atoms with Crippen LogP contribution in [0.15, 0.2) is 47.0 Å². The van der Waals surface area contributed by atoms with Crippen LogP contribution in [0.2, 0.25) is 0 Å². The minimum absolute atomic E-state index is 0.0954. The van der Waals surface area contributed by atoms with Crippen LogP contribution in [-0.4, -0.2) is 67.4 Å². The monoisotopic (exact) mass is 524 g/mol. The number of halogens is 1. The highest BCUT2D eigenvalue weighted by molar-refractivity contribution is 9.10. The van der Waals surface area contributed by atoms with Crippen molar-refractivity contribution < 1.29 is 33.8 Å². The number of aliphatic hydroxyl groups excluding tert-OH is 1. The normalized spacial score (nSPS) is 19.5. The molecule has 178 valence electrons. The van der Waals surface area contributed by atoms with Crippen LogP contribution in [0.5, 0.6) is 5.75 Å². The molecule has 12 heteroatoms. The maximum absolute atomic E-state index is 12.9. The second-order valence-electron chi connectivity index (χ2n) is 6.99. The average Bonchev–Trinajstić information content (AvgIpc) is 2.78. The summed E-state index contributed by atoms with van der Waals surface area (Å²) in [7, 11) is 1.45. The van der Waals surface area contributed by atoms with Gasteiger partial charge in [0.15, 0.2) is 0 Å². The Bertz CT molecular complexity index is 966. The molecule has 33 heavy (non-hydrogen) atoms. The first-order valence-electron chi connectivity index (χ1n) is 9.81. The zero-order chi connectivity index (χ0) is 24.5. The molecule has 0 fully saturated rings. The SMILES string of the molecule is C=CCNC(=O)OC1CC(C(=O)NCC(N)=O)=CC(NC(=O)c2cc(OC)ccc2Br)C1O. The van der Waals surface area contributed by atoms with E-state index >= 15 is 0 Å². The Morgan fingerprint density at radius 2 is 2.00 bits per heavy atom. The molecule has 1 aliphatic carbocycles. The van der Waals surface area contributed by atoms with Crippen LogP contribution in [0.4, 0.5) is 4.79 Å². The first kappa shape index (κ1) is 25.9. The molecular formula is C21H25BrN4O7. The lowest BCUT2D eigenvalue weighted by Gasteiger charge is -2.33. The van der Waals surface area contributed by atoms with Crippen molar-refractivity contribution >= 4 is 39.7 Å². The zero-order valence-electron chi connectivity index (χ0n) is 17.8. The van der Waals surface area contributed by atoms with Crippen molar-refractivity contribution in [3.63, 3.8) is 0 Å². The van der Waals surface area contributed by atoms with Crippen molar-refractivity contribution in [2.24, 2.45) is 5.73 Å². The fourth-order valence-corrected chi connectivity index (χ4v) is 3.44. The molecule has 1 aliphatic rings. The number of nitrogens with two attached hydrogens (primary N) is 1. The van der Waals surface area contributed by atoms with E-state index in [1.54, 1.807) is 12.1 Å². The highest BCUT2D eigenvalue weighted by Gasteiger charge is 2.37. The number of carbonyl (C=O) groups is 4. The summed E-state index contributed by atoms with van der Waals surface area (Å²) in [6.07, 6.45) is -0.722. The number of nitrogens with one attached hydrogen (secondary N) is 3. The van der Waals surface area contributed by atoms with Crippen molar-refractivity contribution in [2.75, 3.05) is 20.2 Å². The molecule has 0 bridgehead atoms. The van der Waals surface area contributed by atoms with Crippen molar-refractivity contribution in [1.82, 2.24) is 16.0 Å². The number of primary amides is 1. The van der Waals surface area contributed by atoms with E-state index in [0.29, 0.717) is 10.2 Å². The minimum Gasteiger partial charge on any atom is -0.497 e. The summed E-state index contributed by atoms with van der Waals surface area (Å²) in [5, 5.41) is 18.1. The molecule has 0 heterocycles. The van der Waals surface area contributed by atoms with Gasteiger partial charge in [0.1, 0.15) is 18.0 Å². The third-order valence-corrected chi connectivity index (χ3v) is 5.32. The van der Waals surface area contributed by atoms with Gasteiger partial charge in [-0.05, 0) is 34.1 Å². The van der Waals surface area contributed by atoms with Crippen LogP contribution in [0, 0.1) is 0 Å². The van der Waals surface area contributed by atoms with Crippen molar-refractivity contribution in [2.45, 2.75) is 24.7 Å². The lowest BCUT2D eigenvalue weighted by atomic mass is 9.89. The number of rotatable bonds is 9. The van der Waals surface area contributed by atoms with Crippen LogP contribution in [0.25, 0.3) is 0 Å². The first-order valence-corrected chi connectivity index (χ1v) is 10.6. The maximum atomic E-state index is 12.9. The van der Waals surface area contributed by atoms with Crippen LogP contribution >= 0.6 is 15.9 Å². The number of ether oxygens (including phenoxy) is 2. The summed E-state index contributed by atoms with van der Waals surface area (Å²) >= 11 is 3.29. The Morgan fingerprint density at radius 3 is 2.64 bits per heavy atom. The molecule has 0 aliphatic heterocycles. The van der Waals surface area contributed by atoms with Crippen molar-refractivity contribution in [3.8, 4) is 5.75 Å². The van der Waals surface area contributed by atoms with Crippen LogP contribution in [0.1, 0.15) is 16.8 Å². The van der Waals surface area contributed by atoms with E-state index in [1.165, 1.54) is 25.3 Å². The fourth-order valence-electron chi connectivity index (χ4n) is 3.01. The molecule has 2 rings (SSSR count). The standard InChI is InChI=1S/C21H25BrN4O7/c1-3-6-24-21(31)33-16-8-11(19(29)25-10-17(23)27)7-15(18(16)28)26-20(30)13-9-12(32-2)4-5-14(13)22/h3-5,7,9,15-16,18,28H,1,6,8,10H2,2H3,(H2,23,27)(H,24,31)(H,25,29)(H,26,30). The Kier molecular flexibility index (Phi) is 9.43. The quantitative estimate of drug-likeness (QED) is 0.286. The molecule has 1 aromatic carbocycles. The maximum Gasteiger partial charge on any atom is 0.407 e. The number of carbonyl (C=O) groups excluding carboxylic acids is 4. The molecule has 0 saturated carbocycles. The molecule has 3 atom stereocenters. The lowest BCUT2D eigenvalue weighted by molar-refractivity contribution is -0.123. The summed E-state index contributed by atoms with van der Waals surface area (Å²) in [6, 6.07) is 3.69. The van der Waals surface area contributed by atoms with Gasteiger partial charge in [0, 0.05) is 23.0 Å². The lowest BCUT2D eigenvalue weighted by Crippen LogP contribution is -2.53. The van der Waals surface area contributed by atoms with Crippen LogP contribution in [0.3, 0.4) is 0 Å². The van der Waals surface area contributed by atoms with E-state index in [4.69, 9.17) is 15.2 Å². The third kappa shape index (κ3) is 7.32. The van der Waals surface area contributed by atoms with E-state index in [0.717, 1.165) is 0 Å². The molecule has 4 amide bonds. The highest BCUT2D eigenvalue weighted by Crippen LogP contribution is 2.25. The molecular weight excluding hydrogens is 500 g/mol. The summed E-state index contributed by atoms with van der Waals surface area (Å²) in [5.74, 6) is -1.53. The molecule has 6 N–H and O–H groups in total. The topological polar surface area (TPSA) is 169 Å². The van der Waals surface area contributed by atoms with Gasteiger partial charge in [-0.3, -0.25) is 14.4 Å². The molecule has 0 aromatic heterocycles. The second kappa shape index (κ2) is 12.0. The van der Waals surface area contributed by atoms with Crippen molar-refractivity contribution in [1.29, 1.82) is 0 Å². The predicted octanol–water partition coefficient (Wildman–Crippen LogP) is 0.129. The molecule has 0 radical (unpaired) electrons. The highest BCUT2D eigenvalue weighted by atomic mass is 79.9. The number of aliphatic hydroxyl groups is 1. The number of methoxy groups -OCH3 is 1. The van der Waals surface area contributed by atoms with E-state index < -0.39 is 48.6 Å². The molecule has 1 aromatic rings. The van der Waals surface area contributed by atoms with E-state index in [2.05, 4.69) is 38.5 Å². The summed E-state index contributed by atoms with van der Waals surface area (Å²) < 4.78 is 10.9. The second-order valence-corrected chi connectivity index (χ2v) is 7.85. The van der Waals surface area contributed by atoms with Crippen LogP contribution in [-0.2, 0) is 14.3 Å². The Labute approximate surface area is 198 Å². The summed E-state index contributed by atoms with van der Waals surface area (Å²) in [5.41, 5.74) is 5.38. The number of amides is 4. The fraction of sp³-hybridized carbons (Fsp3) is 0.333. The van der Waals surface area contributed by atoms with E-state index in [-0.39, 0.29) is 24.1 Å². The zero-order valence-corrected chi connectivity index (χ0v) is 19.4. The average molecular weight is 525 g/mol. The third-order valence-electron chi connectivity index (χ3n) is 4.63. The van der Waals surface area contributed by atoms with Crippen molar-refractivity contribution in [3.05, 3.63) is 52.5 Å². The Morgan fingerprint density at radius 1 is 1.27 bits per heavy atom. The Hall–Kier alpha value is -3.38. The van der Waals surface area contributed by atoms with Gasteiger partial charge in [0.2, 0.25) is 11.8 Å². The smallest absolute Gasteiger partial charge is 0.407 e. The van der Waals surface area contributed by atoms with Gasteiger partial charge in [0.05, 0.1) is 25.3 Å². The van der Waals surface area contributed by atoms with Gasteiger partial charge in [-0.15, -0.1) is 6.58 Å². The van der Waals surface area contributed by atoms with Gasteiger partial charge in [-0.25, -0.2) is 4.79 Å². The van der Waals surface area contributed by atoms with E-state index in [1.807, 2.05) is 0 Å². The minimum atomic E-state index is -1.36. The number of hydrogen-bond donors (Lipinski definition) is 5. The molecule has 0 spiro atoms. The van der Waals surface area contributed by atoms with Crippen LogP contribution < -0.4 is 26.4 Å². The van der Waals surface area contributed by atoms with E-state index in [9.17, 15) is 24.3 Å². The molecule has 11 nitrogen and oxygen atoms in total. The molecule has 0 saturated heterocycles. The van der Waals surface area contributed by atoms with Gasteiger partial charge < -0.3 is 36.3 Å². The number of benzene rings is 1. The van der Waals surface area contributed by atoms with Gasteiger partial charge in [-0.2, -0.15) is 0 Å². The van der Waals surface area contributed by atoms with Gasteiger partial charge in [-0.1, -0.05) is 12.2 Å². The summed E-state index contributed by atoms with van der Waals surface area (Å²) in [6.45, 7) is 3.21. The number of alkyl carbamates (subject to hydrolysis) is 1. The first-order chi connectivity index (χ1) is 15.7. The van der Waals surface area contributed by atoms with Gasteiger partial charge in [0.25, 0.3) is 5.91 Å². The Balaban J connectivity index is 2.27. The summed E-state index contributed by atoms with van der Waals surface area (Å²) in [4.78, 5) is 48.3. The van der Waals surface area contributed by atoms with Gasteiger partial charge >= 0.3 is 6.09 Å².